The van der Waals surface area contributed by atoms with Crippen LogP contribution in [0.1, 0.15) is 37.3 Å². The van der Waals surface area contributed by atoms with Gasteiger partial charge < -0.3 is 10.6 Å². The highest BCUT2D eigenvalue weighted by Crippen LogP contribution is 2.31. The Balaban J connectivity index is 2.30. The minimum absolute atomic E-state index is 0.368. The van der Waals surface area contributed by atoms with Crippen molar-refractivity contribution in [2.75, 3.05) is 18.0 Å². The molecule has 1 fully saturated rings. The molecule has 0 amide bonds. The van der Waals surface area contributed by atoms with Crippen LogP contribution in [0.25, 0.3) is 0 Å². The van der Waals surface area contributed by atoms with Crippen LogP contribution in [0.3, 0.4) is 0 Å². The molecule has 3 heteroatoms. The molecule has 1 heterocycles. The molecule has 1 aliphatic rings. The van der Waals surface area contributed by atoms with Gasteiger partial charge in [-0.15, -0.1) is 0 Å². The Labute approximate surface area is 116 Å². The van der Waals surface area contributed by atoms with E-state index in [9.17, 15) is 5.26 Å². The molecule has 0 saturated carbocycles. The first kappa shape index (κ1) is 13.9. The van der Waals surface area contributed by atoms with Crippen LogP contribution in [0.4, 0.5) is 5.69 Å². The van der Waals surface area contributed by atoms with Gasteiger partial charge in [0.25, 0.3) is 0 Å². The molecular formula is C16H23N3. The number of anilines is 1. The van der Waals surface area contributed by atoms with E-state index in [0.29, 0.717) is 12.6 Å². The molecule has 2 rings (SSSR count). The normalized spacial score (nSPS) is 23.2. The second kappa shape index (κ2) is 6.08. The van der Waals surface area contributed by atoms with Gasteiger partial charge in [0.05, 0.1) is 11.3 Å². The van der Waals surface area contributed by atoms with Gasteiger partial charge in [-0.05, 0) is 43.4 Å². The summed E-state index contributed by atoms with van der Waals surface area (Å²) < 4.78 is 0. The Morgan fingerprint density at radius 3 is 2.89 bits per heavy atom. The highest BCUT2D eigenvalue weighted by molar-refractivity contribution is 5.61. The molecular weight excluding hydrogens is 234 g/mol. The molecule has 3 nitrogen and oxygen atoms in total. The molecule has 2 unspecified atom stereocenters. The largest absolute Gasteiger partial charge is 0.366 e. The summed E-state index contributed by atoms with van der Waals surface area (Å²) in [5.41, 5.74) is 8.98. The second-order valence-corrected chi connectivity index (χ2v) is 5.51. The van der Waals surface area contributed by atoms with Crippen molar-refractivity contribution < 1.29 is 0 Å². The lowest BCUT2D eigenvalue weighted by atomic mass is 9.88. The first-order valence-electron chi connectivity index (χ1n) is 7.17. The van der Waals surface area contributed by atoms with Crippen LogP contribution in [0.15, 0.2) is 18.2 Å². The summed E-state index contributed by atoms with van der Waals surface area (Å²) in [6.07, 6.45) is 3.57. The van der Waals surface area contributed by atoms with Crippen LogP contribution in [0, 0.1) is 24.2 Å². The highest BCUT2D eigenvalue weighted by Gasteiger charge is 2.28. The first-order valence-corrected chi connectivity index (χ1v) is 7.17. The Kier molecular flexibility index (Phi) is 4.44. The van der Waals surface area contributed by atoms with E-state index in [1.807, 2.05) is 12.1 Å². The summed E-state index contributed by atoms with van der Waals surface area (Å²) in [7, 11) is 0. The topological polar surface area (TPSA) is 53.0 Å². The van der Waals surface area contributed by atoms with Crippen LogP contribution >= 0.6 is 0 Å². The van der Waals surface area contributed by atoms with E-state index in [2.05, 4.69) is 30.9 Å². The lowest BCUT2D eigenvalue weighted by Crippen LogP contribution is -2.47. The summed E-state index contributed by atoms with van der Waals surface area (Å²) in [5, 5.41) is 9.29. The average Bonchev–Trinajstić information content (AvgIpc) is 2.46. The van der Waals surface area contributed by atoms with Crippen molar-refractivity contribution in [1.82, 2.24) is 0 Å². The molecule has 1 saturated heterocycles. The number of nitriles is 1. The van der Waals surface area contributed by atoms with Crippen LogP contribution in [-0.2, 0) is 0 Å². The molecule has 2 atom stereocenters. The Morgan fingerprint density at radius 1 is 1.47 bits per heavy atom. The summed E-state index contributed by atoms with van der Waals surface area (Å²) in [4.78, 5) is 2.34. The number of nitrogens with zero attached hydrogens (tertiary/aromatic N) is 2. The minimum atomic E-state index is 0.368. The molecule has 102 valence electrons. The van der Waals surface area contributed by atoms with E-state index in [4.69, 9.17) is 5.73 Å². The fourth-order valence-corrected chi connectivity index (χ4v) is 3.02. The highest BCUT2D eigenvalue weighted by atomic mass is 15.2. The third-order valence-corrected chi connectivity index (χ3v) is 4.26. The van der Waals surface area contributed by atoms with Crippen molar-refractivity contribution in [1.29, 1.82) is 5.26 Å². The van der Waals surface area contributed by atoms with E-state index < -0.39 is 0 Å². The van der Waals surface area contributed by atoms with Gasteiger partial charge in [0.2, 0.25) is 0 Å². The number of aryl methyl sites for hydroxylation is 1. The SMILES string of the molecule is CCC1CCN(c2cc(C)ccc2C#N)C(CN)C1. The van der Waals surface area contributed by atoms with E-state index >= 15 is 0 Å². The predicted molar refractivity (Wildman–Crippen MR) is 79.1 cm³/mol. The van der Waals surface area contributed by atoms with E-state index in [-0.39, 0.29) is 0 Å². The van der Waals surface area contributed by atoms with Crippen molar-refractivity contribution in [3.05, 3.63) is 29.3 Å². The molecule has 0 aliphatic carbocycles. The number of hydrogen-bond acceptors (Lipinski definition) is 3. The summed E-state index contributed by atoms with van der Waals surface area (Å²) >= 11 is 0. The van der Waals surface area contributed by atoms with Crippen LogP contribution in [-0.4, -0.2) is 19.1 Å². The van der Waals surface area contributed by atoms with Gasteiger partial charge in [-0.2, -0.15) is 5.26 Å². The van der Waals surface area contributed by atoms with Crippen molar-refractivity contribution in [2.24, 2.45) is 11.7 Å². The average molecular weight is 257 g/mol. The van der Waals surface area contributed by atoms with Crippen molar-refractivity contribution >= 4 is 5.69 Å². The van der Waals surface area contributed by atoms with Gasteiger partial charge >= 0.3 is 0 Å². The number of rotatable bonds is 3. The van der Waals surface area contributed by atoms with Gasteiger partial charge in [-0.3, -0.25) is 0 Å². The first-order chi connectivity index (χ1) is 9.19. The number of nitrogens with two attached hydrogens (primary N) is 1. The minimum Gasteiger partial charge on any atom is -0.366 e. The fraction of sp³-hybridized carbons (Fsp3) is 0.562. The molecule has 0 spiro atoms. The van der Waals surface area contributed by atoms with Crippen molar-refractivity contribution in [3.63, 3.8) is 0 Å². The molecule has 0 bridgehead atoms. The van der Waals surface area contributed by atoms with Gasteiger partial charge in [0.1, 0.15) is 6.07 Å². The van der Waals surface area contributed by atoms with Crippen LogP contribution in [0.5, 0.6) is 0 Å². The molecule has 1 aromatic carbocycles. The molecule has 2 N–H and O–H groups in total. The van der Waals surface area contributed by atoms with Gasteiger partial charge in [0.15, 0.2) is 0 Å². The number of benzene rings is 1. The van der Waals surface area contributed by atoms with Crippen LogP contribution in [0.2, 0.25) is 0 Å². The quantitative estimate of drug-likeness (QED) is 0.906. The Morgan fingerprint density at radius 2 is 2.26 bits per heavy atom. The molecule has 0 aromatic heterocycles. The zero-order valence-electron chi connectivity index (χ0n) is 11.9. The third-order valence-electron chi connectivity index (χ3n) is 4.26. The van der Waals surface area contributed by atoms with Gasteiger partial charge in [0, 0.05) is 19.1 Å². The zero-order valence-corrected chi connectivity index (χ0v) is 11.9. The number of piperidine rings is 1. The zero-order chi connectivity index (χ0) is 13.8. The lowest BCUT2D eigenvalue weighted by Gasteiger charge is -2.41. The standard InChI is InChI=1S/C16H23N3/c1-3-13-6-7-19(15(9-13)11-18)16-8-12(2)4-5-14(16)10-17/h4-5,8,13,15H,3,6-7,9,11,18H2,1-2H3. The molecule has 19 heavy (non-hydrogen) atoms. The molecule has 1 aromatic rings. The van der Waals surface area contributed by atoms with E-state index in [1.54, 1.807) is 0 Å². The smallest absolute Gasteiger partial charge is 0.101 e. The maximum absolute atomic E-state index is 9.29. The van der Waals surface area contributed by atoms with Gasteiger partial charge in [-0.1, -0.05) is 19.4 Å². The maximum atomic E-state index is 9.29. The van der Waals surface area contributed by atoms with E-state index in [1.165, 1.54) is 18.4 Å². The summed E-state index contributed by atoms with van der Waals surface area (Å²) in [6, 6.07) is 8.71. The molecule has 0 radical (unpaired) electrons. The Hall–Kier alpha value is -1.53. The monoisotopic (exact) mass is 257 g/mol. The summed E-state index contributed by atoms with van der Waals surface area (Å²) in [6.45, 7) is 6.00. The third kappa shape index (κ3) is 2.90. The summed E-state index contributed by atoms with van der Waals surface area (Å²) in [5.74, 6) is 0.778. The lowest BCUT2D eigenvalue weighted by molar-refractivity contribution is 0.336. The van der Waals surface area contributed by atoms with E-state index in [0.717, 1.165) is 30.1 Å². The van der Waals surface area contributed by atoms with Crippen molar-refractivity contribution in [3.8, 4) is 6.07 Å². The van der Waals surface area contributed by atoms with Crippen LogP contribution < -0.4 is 10.6 Å². The number of hydrogen-bond donors (Lipinski definition) is 1. The second-order valence-electron chi connectivity index (χ2n) is 5.51. The molecule has 1 aliphatic heterocycles. The van der Waals surface area contributed by atoms with Crippen molar-refractivity contribution in [2.45, 2.75) is 39.2 Å². The van der Waals surface area contributed by atoms with Gasteiger partial charge in [-0.25, -0.2) is 0 Å². The fourth-order valence-electron chi connectivity index (χ4n) is 3.02. The Bertz CT molecular complexity index is 475. The maximum Gasteiger partial charge on any atom is 0.101 e. The predicted octanol–water partition coefficient (Wildman–Crippen LogP) is 2.82.